The summed E-state index contributed by atoms with van der Waals surface area (Å²) in [6, 6.07) is 1.88. The molecule has 70 valence electrons. The molecule has 0 aromatic carbocycles. The van der Waals surface area contributed by atoms with E-state index in [1.54, 1.807) is 6.20 Å². The SMILES string of the molecule is OCCC1(c2ccnc(Cl)n2)CC1. The van der Waals surface area contributed by atoms with Crippen LogP contribution in [0.1, 0.15) is 25.0 Å². The monoisotopic (exact) mass is 198 g/mol. The van der Waals surface area contributed by atoms with E-state index in [-0.39, 0.29) is 12.0 Å². The van der Waals surface area contributed by atoms with Crippen molar-refractivity contribution in [3.8, 4) is 0 Å². The molecule has 0 unspecified atom stereocenters. The number of aromatic nitrogens is 2. The van der Waals surface area contributed by atoms with Gasteiger partial charge in [0, 0.05) is 18.2 Å². The minimum Gasteiger partial charge on any atom is -0.396 e. The van der Waals surface area contributed by atoms with Crippen molar-refractivity contribution in [2.45, 2.75) is 24.7 Å². The predicted octanol–water partition coefficient (Wildman–Crippen LogP) is 1.54. The summed E-state index contributed by atoms with van der Waals surface area (Å²) in [5, 5.41) is 9.19. The molecule has 0 spiro atoms. The van der Waals surface area contributed by atoms with Gasteiger partial charge in [-0.3, -0.25) is 0 Å². The first-order valence-electron chi connectivity index (χ1n) is 4.37. The molecule has 2 rings (SSSR count). The molecule has 0 aliphatic heterocycles. The smallest absolute Gasteiger partial charge is 0.222 e. The van der Waals surface area contributed by atoms with Crippen LogP contribution in [0, 0.1) is 0 Å². The highest BCUT2D eigenvalue weighted by Crippen LogP contribution is 2.49. The minimum absolute atomic E-state index is 0.0985. The Bertz CT molecular complexity index is 312. The highest BCUT2D eigenvalue weighted by atomic mass is 35.5. The number of hydrogen-bond acceptors (Lipinski definition) is 3. The average Bonchev–Trinajstić information content (AvgIpc) is 2.86. The zero-order valence-electron chi connectivity index (χ0n) is 7.20. The number of hydrogen-bond donors (Lipinski definition) is 1. The molecular weight excluding hydrogens is 188 g/mol. The molecule has 1 saturated carbocycles. The summed E-state index contributed by atoms with van der Waals surface area (Å²) in [6.45, 7) is 0.210. The van der Waals surface area contributed by atoms with Crippen LogP contribution < -0.4 is 0 Å². The quantitative estimate of drug-likeness (QED) is 0.750. The molecule has 0 radical (unpaired) electrons. The highest BCUT2D eigenvalue weighted by molar-refractivity contribution is 6.28. The van der Waals surface area contributed by atoms with Crippen molar-refractivity contribution in [3.63, 3.8) is 0 Å². The van der Waals surface area contributed by atoms with Crippen LogP contribution in [-0.2, 0) is 5.41 Å². The Morgan fingerprint density at radius 1 is 1.54 bits per heavy atom. The van der Waals surface area contributed by atoms with E-state index in [4.69, 9.17) is 16.7 Å². The number of aliphatic hydroxyl groups excluding tert-OH is 1. The first-order valence-corrected chi connectivity index (χ1v) is 4.74. The molecule has 1 heterocycles. The summed E-state index contributed by atoms with van der Waals surface area (Å²) >= 11 is 5.69. The Morgan fingerprint density at radius 3 is 2.85 bits per heavy atom. The Labute approximate surface area is 81.8 Å². The summed E-state index contributed by atoms with van der Waals surface area (Å²) in [6.07, 6.45) is 4.64. The van der Waals surface area contributed by atoms with Crippen molar-refractivity contribution < 1.29 is 5.11 Å². The molecule has 1 aliphatic rings. The van der Waals surface area contributed by atoms with Gasteiger partial charge in [-0.15, -0.1) is 0 Å². The normalized spacial score (nSPS) is 18.6. The maximum Gasteiger partial charge on any atom is 0.222 e. The lowest BCUT2D eigenvalue weighted by Gasteiger charge is -2.11. The summed E-state index contributed by atoms with van der Waals surface area (Å²) < 4.78 is 0. The maximum absolute atomic E-state index is 8.90. The summed E-state index contributed by atoms with van der Waals surface area (Å²) in [5.41, 5.74) is 1.07. The molecule has 1 aromatic rings. The van der Waals surface area contributed by atoms with Crippen LogP contribution in [-0.4, -0.2) is 21.7 Å². The first-order chi connectivity index (χ1) is 6.27. The first kappa shape index (κ1) is 8.91. The second-order valence-electron chi connectivity index (χ2n) is 3.46. The Kier molecular flexibility index (Phi) is 2.22. The molecule has 3 nitrogen and oxygen atoms in total. The second-order valence-corrected chi connectivity index (χ2v) is 3.80. The molecule has 4 heteroatoms. The zero-order valence-corrected chi connectivity index (χ0v) is 7.96. The Hall–Kier alpha value is -0.670. The van der Waals surface area contributed by atoms with E-state index in [1.165, 1.54) is 0 Å². The van der Waals surface area contributed by atoms with Gasteiger partial charge in [-0.1, -0.05) is 0 Å². The van der Waals surface area contributed by atoms with Crippen LogP contribution in [0.25, 0.3) is 0 Å². The molecule has 1 aromatic heterocycles. The third-order valence-corrected chi connectivity index (χ3v) is 2.80. The fourth-order valence-electron chi connectivity index (χ4n) is 1.63. The van der Waals surface area contributed by atoms with Crippen molar-refractivity contribution in [1.29, 1.82) is 0 Å². The van der Waals surface area contributed by atoms with Crippen LogP contribution in [0.2, 0.25) is 5.28 Å². The number of nitrogens with zero attached hydrogens (tertiary/aromatic N) is 2. The molecule has 0 atom stereocenters. The van der Waals surface area contributed by atoms with Gasteiger partial charge in [0.25, 0.3) is 0 Å². The van der Waals surface area contributed by atoms with E-state index in [0.29, 0.717) is 5.28 Å². The number of aliphatic hydroxyl groups is 1. The van der Waals surface area contributed by atoms with Gasteiger partial charge in [0.15, 0.2) is 0 Å². The molecule has 1 aliphatic carbocycles. The van der Waals surface area contributed by atoms with Gasteiger partial charge < -0.3 is 5.11 Å². The van der Waals surface area contributed by atoms with Crippen molar-refractivity contribution >= 4 is 11.6 Å². The Balaban J connectivity index is 2.25. The molecular formula is C9H11ClN2O. The van der Waals surface area contributed by atoms with Crippen LogP contribution in [0.3, 0.4) is 0 Å². The zero-order chi connectivity index (χ0) is 9.31. The van der Waals surface area contributed by atoms with E-state index in [0.717, 1.165) is 25.0 Å². The molecule has 13 heavy (non-hydrogen) atoms. The van der Waals surface area contributed by atoms with E-state index in [1.807, 2.05) is 6.07 Å². The van der Waals surface area contributed by atoms with Crippen LogP contribution in [0.4, 0.5) is 0 Å². The average molecular weight is 199 g/mol. The van der Waals surface area contributed by atoms with Gasteiger partial charge in [0.1, 0.15) is 0 Å². The third kappa shape index (κ3) is 1.67. The van der Waals surface area contributed by atoms with Gasteiger partial charge >= 0.3 is 0 Å². The van der Waals surface area contributed by atoms with Gasteiger partial charge in [0.2, 0.25) is 5.28 Å². The van der Waals surface area contributed by atoms with Crippen molar-refractivity contribution in [2.75, 3.05) is 6.61 Å². The molecule has 0 amide bonds. The van der Waals surface area contributed by atoms with Crippen molar-refractivity contribution in [1.82, 2.24) is 9.97 Å². The largest absolute Gasteiger partial charge is 0.396 e. The molecule has 0 bridgehead atoms. The summed E-state index contributed by atoms with van der Waals surface area (Å²) in [4.78, 5) is 8.00. The standard InChI is InChI=1S/C9H11ClN2O/c10-8-11-5-1-7(12-8)9(2-3-9)4-6-13/h1,5,13H,2-4,6H2. The molecule has 1 N–H and O–H groups in total. The predicted molar refractivity (Wildman–Crippen MR) is 49.7 cm³/mol. The fourth-order valence-corrected chi connectivity index (χ4v) is 1.78. The van der Waals surface area contributed by atoms with E-state index >= 15 is 0 Å². The topological polar surface area (TPSA) is 46.0 Å². The maximum atomic E-state index is 8.90. The minimum atomic E-state index is 0.0985. The number of rotatable bonds is 3. The van der Waals surface area contributed by atoms with E-state index in [2.05, 4.69) is 9.97 Å². The van der Waals surface area contributed by atoms with E-state index < -0.39 is 0 Å². The van der Waals surface area contributed by atoms with Crippen LogP contribution in [0.15, 0.2) is 12.3 Å². The fraction of sp³-hybridized carbons (Fsp3) is 0.556. The summed E-state index contributed by atoms with van der Waals surface area (Å²) in [7, 11) is 0. The van der Waals surface area contributed by atoms with E-state index in [9.17, 15) is 0 Å². The number of halogens is 1. The van der Waals surface area contributed by atoms with Gasteiger partial charge in [-0.05, 0) is 36.9 Å². The van der Waals surface area contributed by atoms with Gasteiger partial charge in [-0.25, -0.2) is 9.97 Å². The summed E-state index contributed by atoms with van der Waals surface area (Å²) in [5.74, 6) is 0. The lowest BCUT2D eigenvalue weighted by molar-refractivity contribution is 0.270. The molecule has 1 fully saturated rings. The van der Waals surface area contributed by atoms with Gasteiger partial charge in [-0.2, -0.15) is 0 Å². The second kappa shape index (κ2) is 3.24. The third-order valence-electron chi connectivity index (χ3n) is 2.61. The highest BCUT2D eigenvalue weighted by Gasteiger charge is 2.44. The van der Waals surface area contributed by atoms with Crippen molar-refractivity contribution in [3.05, 3.63) is 23.2 Å². The molecule has 0 saturated heterocycles. The van der Waals surface area contributed by atoms with Crippen molar-refractivity contribution in [2.24, 2.45) is 0 Å². The van der Waals surface area contributed by atoms with Gasteiger partial charge in [0.05, 0.1) is 5.69 Å². The Morgan fingerprint density at radius 2 is 2.31 bits per heavy atom. The van der Waals surface area contributed by atoms with Crippen LogP contribution >= 0.6 is 11.6 Å². The lowest BCUT2D eigenvalue weighted by Crippen LogP contribution is -2.11. The lowest BCUT2D eigenvalue weighted by atomic mass is 9.98. The van der Waals surface area contributed by atoms with Crippen LogP contribution in [0.5, 0.6) is 0 Å².